The van der Waals surface area contributed by atoms with Gasteiger partial charge in [-0.15, -0.1) is 0 Å². The Labute approximate surface area is 103 Å². The van der Waals surface area contributed by atoms with Crippen molar-refractivity contribution in [2.45, 2.75) is 69.7 Å². The first kappa shape index (κ1) is 13.5. The minimum absolute atomic E-state index is 0.592. The second kappa shape index (κ2) is 7.67. The van der Waals surface area contributed by atoms with Crippen molar-refractivity contribution in [1.29, 1.82) is 0 Å². The molecular weight excluding hydrogens is 252 g/mol. The van der Waals surface area contributed by atoms with E-state index in [0.29, 0.717) is 10.9 Å². The molecule has 2 atom stereocenters. The van der Waals surface area contributed by atoms with Gasteiger partial charge in [-0.2, -0.15) is 0 Å². The number of alkyl halides is 1. The van der Waals surface area contributed by atoms with Gasteiger partial charge in [-0.25, -0.2) is 0 Å². The van der Waals surface area contributed by atoms with Crippen LogP contribution < -0.4 is 0 Å². The van der Waals surface area contributed by atoms with E-state index < -0.39 is 0 Å². The second-order valence-corrected chi connectivity index (χ2v) is 6.21. The van der Waals surface area contributed by atoms with Gasteiger partial charge in [0, 0.05) is 11.4 Å². The van der Waals surface area contributed by atoms with Crippen LogP contribution >= 0.6 is 15.9 Å². The highest BCUT2D eigenvalue weighted by Crippen LogP contribution is 2.21. The van der Waals surface area contributed by atoms with E-state index in [-0.39, 0.29) is 0 Å². The van der Waals surface area contributed by atoms with Crippen LogP contribution in [0, 0.1) is 5.92 Å². The van der Waals surface area contributed by atoms with Gasteiger partial charge in [0.1, 0.15) is 0 Å². The first-order valence-corrected chi connectivity index (χ1v) is 7.37. The van der Waals surface area contributed by atoms with Crippen molar-refractivity contribution in [2.75, 3.05) is 6.61 Å². The van der Waals surface area contributed by atoms with E-state index in [1.165, 1.54) is 44.9 Å². The monoisotopic (exact) mass is 276 g/mol. The summed E-state index contributed by atoms with van der Waals surface area (Å²) >= 11 is 3.74. The Bertz CT molecular complexity index is 149. The van der Waals surface area contributed by atoms with Gasteiger partial charge in [-0.1, -0.05) is 49.0 Å². The average Bonchev–Trinajstić information content (AvgIpc) is 2.69. The maximum absolute atomic E-state index is 5.61. The Balaban J connectivity index is 1.88. The molecule has 0 aliphatic carbocycles. The predicted octanol–water partition coefficient (Wildman–Crippen LogP) is 4.54. The lowest BCUT2D eigenvalue weighted by atomic mass is 10.0. The summed E-state index contributed by atoms with van der Waals surface area (Å²) in [6, 6.07) is 0. The predicted molar refractivity (Wildman–Crippen MR) is 69.6 cm³/mol. The average molecular weight is 277 g/mol. The molecule has 0 bridgehead atoms. The lowest BCUT2D eigenvalue weighted by Crippen LogP contribution is -2.07. The maximum Gasteiger partial charge on any atom is 0.0576 e. The first-order chi connectivity index (χ1) is 7.20. The Hall–Kier alpha value is 0.440. The Morgan fingerprint density at radius 2 is 2.07 bits per heavy atom. The molecule has 90 valence electrons. The van der Waals surface area contributed by atoms with E-state index in [0.717, 1.165) is 12.5 Å². The van der Waals surface area contributed by atoms with Gasteiger partial charge in [-0.3, -0.25) is 0 Å². The summed E-state index contributed by atoms with van der Waals surface area (Å²) in [4.78, 5) is 0.709. The molecule has 1 fully saturated rings. The van der Waals surface area contributed by atoms with Crippen molar-refractivity contribution in [1.82, 2.24) is 0 Å². The van der Waals surface area contributed by atoms with Crippen molar-refractivity contribution >= 4 is 15.9 Å². The van der Waals surface area contributed by atoms with Gasteiger partial charge < -0.3 is 4.74 Å². The number of hydrogen-bond acceptors (Lipinski definition) is 1. The lowest BCUT2D eigenvalue weighted by Gasteiger charge is -2.13. The number of unbranched alkanes of at least 4 members (excludes halogenated alkanes) is 2. The fraction of sp³-hybridized carbons (Fsp3) is 1.00. The standard InChI is InChI=1S/C13H25BrO/c1-11(2)13(14)9-5-3-4-7-12-8-6-10-15-12/h11-13H,3-10H2,1-2H3. The van der Waals surface area contributed by atoms with Crippen LogP contribution in [0.1, 0.15) is 58.8 Å². The molecule has 1 heterocycles. The summed E-state index contributed by atoms with van der Waals surface area (Å²) in [5, 5.41) is 0. The van der Waals surface area contributed by atoms with Crippen LogP contribution in [0.25, 0.3) is 0 Å². The zero-order valence-corrected chi connectivity index (χ0v) is 11.8. The third-order valence-electron chi connectivity index (χ3n) is 3.25. The highest BCUT2D eigenvalue weighted by molar-refractivity contribution is 9.09. The number of ether oxygens (including phenoxy) is 1. The third-order valence-corrected chi connectivity index (χ3v) is 4.77. The van der Waals surface area contributed by atoms with Gasteiger partial charge in [0.15, 0.2) is 0 Å². The third kappa shape index (κ3) is 5.91. The number of hydrogen-bond donors (Lipinski definition) is 0. The minimum Gasteiger partial charge on any atom is -0.378 e. The molecule has 0 N–H and O–H groups in total. The molecule has 15 heavy (non-hydrogen) atoms. The highest BCUT2D eigenvalue weighted by atomic mass is 79.9. The summed E-state index contributed by atoms with van der Waals surface area (Å²) < 4.78 is 5.61. The molecule has 0 saturated carbocycles. The lowest BCUT2D eigenvalue weighted by molar-refractivity contribution is 0.102. The summed E-state index contributed by atoms with van der Waals surface area (Å²) in [7, 11) is 0. The molecule has 2 unspecified atom stereocenters. The summed E-state index contributed by atoms with van der Waals surface area (Å²) in [5.41, 5.74) is 0. The Morgan fingerprint density at radius 1 is 1.27 bits per heavy atom. The van der Waals surface area contributed by atoms with Crippen molar-refractivity contribution in [3.05, 3.63) is 0 Å². The maximum atomic E-state index is 5.61. The van der Waals surface area contributed by atoms with Crippen LogP contribution in [0.4, 0.5) is 0 Å². The van der Waals surface area contributed by atoms with Crippen LogP contribution in [0.2, 0.25) is 0 Å². The fourth-order valence-corrected chi connectivity index (χ4v) is 2.42. The zero-order valence-electron chi connectivity index (χ0n) is 10.2. The van der Waals surface area contributed by atoms with Crippen LogP contribution in [0.5, 0.6) is 0 Å². The van der Waals surface area contributed by atoms with Crippen LogP contribution in [-0.4, -0.2) is 17.5 Å². The number of rotatable bonds is 7. The molecule has 0 radical (unpaired) electrons. The molecule has 0 aromatic heterocycles. The highest BCUT2D eigenvalue weighted by Gasteiger charge is 2.14. The number of halogens is 1. The molecule has 2 heteroatoms. The van der Waals surface area contributed by atoms with E-state index >= 15 is 0 Å². The molecule has 1 aliphatic rings. The summed E-state index contributed by atoms with van der Waals surface area (Å²) in [5.74, 6) is 0.767. The molecule has 1 rings (SSSR count). The van der Waals surface area contributed by atoms with Crippen molar-refractivity contribution in [2.24, 2.45) is 5.92 Å². The van der Waals surface area contributed by atoms with E-state index in [4.69, 9.17) is 4.74 Å². The van der Waals surface area contributed by atoms with Gasteiger partial charge in [0.2, 0.25) is 0 Å². The Morgan fingerprint density at radius 3 is 2.67 bits per heavy atom. The van der Waals surface area contributed by atoms with E-state index in [9.17, 15) is 0 Å². The van der Waals surface area contributed by atoms with Gasteiger partial charge in [0.05, 0.1) is 6.10 Å². The van der Waals surface area contributed by atoms with Gasteiger partial charge in [0.25, 0.3) is 0 Å². The smallest absolute Gasteiger partial charge is 0.0576 e. The van der Waals surface area contributed by atoms with Crippen LogP contribution in [-0.2, 0) is 4.74 Å². The topological polar surface area (TPSA) is 9.23 Å². The molecular formula is C13H25BrO. The second-order valence-electron chi connectivity index (χ2n) is 5.03. The van der Waals surface area contributed by atoms with Crippen LogP contribution in [0.15, 0.2) is 0 Å². The molecule has 1 saturated heterocycles. The largest absolute Gasteiger partial charge is 0.378 e. The van der Waals surface area contributed by atoms with Crippen LogP contribution in [0.3, 0.4) is 0 Å². The van der Waals surface area contributed by atoms with E-state index in [1.807, 2.05) is 0 Å². The molecule has 1 nitrogen and oxygen atoms in total. The van der Waals surface area contributed by atoms with Crippen molar-refractivity contribution in [3.8, 4) is 0 Å². The summed E-state index contributed by atoms with van der Waals surface area (Å²) in [6.45, 7) is 5.57. The first-order valence-electron chi connectivity index (χ1n) is 6.46. The van der Waals surface area contributed by atoms with Gasteiger partial charge in [-0.05, 0) is 31.6 Å². The normalized spacial score (nSPS) is 23.6. The quantitative estimate of drug-likeness (QED) is 0.490. The zero-order chi connectivity index (χ0) is 11.1. The molecule has 0 aromatic rings. The molecule has 0 aromatic carbocycles. The van der Waals surface area contributed by atoms with E-state index in [1.54, 1.807) is 0 Å². The minimum atomic E-state index is 0.592. The van der Waals surface area contributed by atoms with Crippen molar-refractivity contribution < 1.29 is 4.74 Å². The molecule has 0 amide bonds. The SMILES string of the molecule is CC(C)C(Br)CCCCCC1CCCO1. The van der Waals surface area contributed by atoms with E-state index in [2.05, 4.69) is 29.8 Å². The van der Waals surface area contributed by atoms with Gasteiger partial charge >= 0.3 is 0 Å². The van der Waals surface area contributed by atoms with Crippen molar-refractivity contribution in [3.63, 3.8) is 0 Å². The Kier molecular flexibility index (Phi) is 6.91. The molecule has 0 spiro atoms. The fourth-order valence-electron chi connectivity index (χ4n) is 2.09. The summed E-state index contributed by atoms with van der Waals surface area (Å²) in [6.07, 6.45) is 9.86. The molecule has 1 aliphatic heterocycles.